The fourth-order valence-electron chi connectivity index (χ4n) is 1.73. The Morgan fingerprint density at radius 2 is 1.93 bits per heavy atom. The Hall–Kier alpha value is -1.02. The average Bonchev–Trinajstić information content (AvgIpc) is 2.23. The smallest absolute Gasteiger partial charge is 0.177 e. The van der Waals surface area contributed by atoms with Gasteiger partial charge in [-0.2, -0.15) is 0 Å². The quantitative estimate of drug-likeness (QED) is 0.585. The van der Waals surface area contributed by atoms with Crippen LogP contribution in [0.3, 0.4) is 0 Å². The van der Waals surface area contributed by atoms with Crippen molar-refractivity contribution in [2.24, 2.45) is 0 Å². The second kappa shape index (κ2) is 4.67. The lowest BCUT2D eigenvalue weighted by Gasteiger charge is -2.14. The largest absolute Gasteiger partial charge is 0.496 e. The predicted molar refractivity (Wildman–Crippen MR) is 62.3 cm³/mol. The first-order valence-electron chi connectivity index (χ1n) is 4.76. The van der Waals surface area contributed by atoms with Gasteiger partial charge in [-0.15, -0.1) is 11.6 Å². The molecule has 0 heterocycles. The molecule has 0 spiro atoms. The van der Waals surface area contributed by atoms with Gasteiger partial charge in [0.2, 0.25) is 0 Å². The van der Waals surface area contributed by atoms with Crippen LogP contribution in [0.15, 0.2) is 6.07 Å². The van der Waals surface area contributed by atoms with E-state index in [0.29, 0.717) is 5.56 Å². The molecule has 0 aromatic heterocycles. The molecule has 0 bridgehead atoms. The Bertz CT molecular complexity index is 397. The summed E-state index contributed by atoms with van der Waals surface area (Å²) in [7, 11) is 1.64. The standard InChI is InChI=1S/C12H15ClO2/c1-7-5-10(11(14)6-13)8(2)9(3)12(7)15-4/h5H,6H2,1-4H3. The van der Waals surface area contributed by atoms with Gasteiger partial charge in [0.15, 0.2) is 5.78 Å². The number of hydrogen-bond acceptors (Lipinski definition) is 2. The lowest BCUT2D eigenvalue weighted by molar-refractivity contribution is 0.102. The van der Waals surface area contributed by atoms with E-state index in [0.717, 1.165) is 22.4 Å². The summed E-state index contributed by atoms with van der Waals surface area (Å²) in [6.07, 6.45) is 0. The second-order valence-electron chi connectivity index (χ2n) is 3.58. The molecule has 1 rings (SSSR count). The molecule has 0 aliphatic carbocycles. The van der Waals surface area contributed by atoms with Crippen molar-refractivity contribution in [2.75, 3.05) is 13.0 Å². The predicted octanol–water partition coefficient (Wildman–Crippen LogP) is 3.04. The van der Waals surface area contributed by atoms with Gasteiger partial charge in [-0.1, -0.05) is 0 Å². The zero-order valence-electron chi connectivity index (χ0n) is 9.48. The number of ether oxygens (including phenoxy) is 1. The number of rotatable bonds is 3. The van der Waals surface area contributed by atoms with Crippen LogP contribution in [0.1, 0.15) is 27.0 Å². The third kappa shape index (κ3) is 2.15. The zero-order chi connectivity index (χ0) is 11.6. The summed E-state index contributed by atoms with van der Waals surface area (Å²) < 4.78 is 5.28. The van der Waals surface area contributed by atoms with Gasteiger partial charge >= 0.3 is 0 Å². The molecule has 0 atom stereocenters. The number of methoxy groups -OCH3 is 1. The number of aryl methyl sites for hydroxylation is 1. The van der Waals surface area contributed by atoms with E-state index in [9.17, 15) is 4.79 Å². The summed E-state index contributed by atoms with van der Waals surface area (Å²) in [6.45, 7) is 5.79. The van der Waals surface area contributed by atoms with E-state index in [1.807, 2.05) is 26.8 Å². The molecular weight excluding hydrogens is 212 g/mol. The van der Waals surface area contributed by atoms with Gasteiger partial charge < -0.3 is 4.74 Å². The molecule has 0 saturated heterocycles. The SMILES string of the molecule is COc1c(C)cc(C(=O)CCl)c(C)c1C. The fourth-order valence-corrected chi connectivity index (χ4v) is 1.88. The van der Waals surface area contributed by atoms with Crippen LogP contribution in [0, 0.1) is 20.8 Å². The van der Waals surface area contributed by atoms with Gasteiger partial charge in [-0.3, -0.25) is 4.79 Å². The molecule has 0 aliphatic rings. The third-order valence-corrected chi connectivity index (χ3v) is 2.89. The Morgan fingerprint density at radius 3 is 2.40 bits per heavy atom. The number of halogens is 1. The van der Waals surface area contributed by atoms with Crippen molar-refractivity contribution in [1.29, 1.82) is 0 Å². The summed E-state index contributed by atoms with van der Waals surface area (Å²) in [5.41, 5.74) is 3.61. The van der Waals surface area contributed by atoms with Gasteiger partial charge in [-0.05, 0) is 43.5 Å². The van der Waals surface area contributed by atoms with Crippen molar-refractivity contribution in [3.63, 3.8) is 0 Å². The van der Waals surface area contributed by atoms with Crippen molar-refractivity contribution in [3.8, 4) is 5.75 Å². The molecule has 0 saturated carbocycles. The maximum Gasteiger partial charge on any atom is 0.177 e. The summed E-state index contributed by atoms with van der Waals surface area (Å²) in [5, 5.41) is 0. The number of alkyl halides is 1. The van der Waals surface area contributed by atoms with Crippen molar-refractivity contribution in [1.82, 2.24) is 0 Å². The zero-order valence-corrected chi connectivity index (χ0v) is 10.2. The number of Topliss-reactive ketones (excluding diaryl/α,β-unsaturated/α-hetero) is 1. The van der Waals surface area contributed by atoms with Crippen LogP contribution in [-0.4, -0.2) is 18.8 Å². The molecule has 0 aliphatic heterocycles. The summed E-state index contributed by atoms with van der Waals surface area (Å²) in [6, 6.07) is 1.84. The highest BCUT2D eigenvalue weighted by Crippen LogP contribution is 2.28. The number of ketones is 1. The monoisotopic (exact) mass is 226 g/mol. The van der Waals surface area contributed by atoms with Crippen molar-refractivity contribution in [3.05, 3.63) is 28.3 Å². The van der Waals surface area contributed by atoms with E-state index in [4.69, 9.17) is 16.3 Å². The van der Waals surface area contributed by atoms with E-state index < -0.39 is 0 Å². The highest BCUT2D eigenvalue weighted by molar-refractivity contribution is 6.30. The number of hydrogen-bond donors (Lipinski definition) is 0. The molecule has 0 unspecified atom stereocenters. The van der Waals surface area contributed by atoms with Crippen molar-refractivity contribution < 1.29 is 9.53 Å². The molecule has 0 fully saturated rings. The van der Waals surface area contributed by atoms with E-state index in [-0.39, 0.29) is 11.7 Å². The lowest BCUT2D eigenvalue weighted by Crippen LogP contribution is -2.06. The number of carbonyl (C=O) groups excluding carboxylic acids is 1. The lowest BCUT2D eigenvalue weighted by atomic mass is 9.96. The van der Waals surface area contributed by atoms with Gasteiger partial charge in [0.1, 0.15) is 5.75 Å². The summed E-state index contributed by atoms with van der Waals surface area (Å²) >= 11 is 5.56. The Kier molecular flexibility index (Phi) is 3.75. The number of benzene rings is 1. The molecule has 3 heteroatoms. The minimum atomic E-state index is -0.0389. The first-order valence-corrected chi connectivity index (χ1v) is 5.30. The normalized spacial score (nSPS) is 10.2. The molecule has 1 aromatic rings. The first kappa shape index (κ1) is 12.1. The summed E-state index contributed by atoms with van der Waals surface area (Å²) in [4.78, 5) is 11.6. The van der Waals surface area contributed by atoms with Crippen molar-refractivity contribution in [2.45, 2.75) is 20.8 Å². The van der Waals surface area contributed by atoms with E-state index in [1.54, 1.807) is 7.11 Å². The highest BCUT2D eigenvalue weighted by atomic mass is 35.5. The van der Waals surface area contributed by atoms with Gasteiger partial charge in [-0.25, -0.2) is 0 Å². The van der Waals surface area contributed by atoms with Gasteiger partial charge in [0, 0.05) is 5.56 Å². The van der Waals surface area contributed by atoms with Crippen LogP contribution in [0.2, 0.25) is 0 Å². The Labute approximate surface area is 95.2 Å². The first-order chi connectivity index (χ1) is 7.02. The molecule has 0 radical (unpaired) electrons. The van der Waals surface area contributed by atoms with Crippen LogP contribution < -0.4 is 4.74 Å². The Balaban J connectivity index is 3.40. The Morgan fingerprint density at radius 1 is 1.33 bits per heavy atom. The van der Waals surface area contributed by atoms with Crippen LogP contribution >= 0.6 is 11.6 Å². The van der Waals surface area contributed by atoms with Crippen LogP contribution in [0.25, 0.3) is 0 Å². The fraction of sp³-hybridized carbons (Fsp3) is 0.417. The van der Waals surface area contributed by atoms with Crippen LogP contribution in [-0.2, 0) is 0 Å². The van der Waals surface area contributed by atoms with Crippen molar-refractivity contribution >= 4 is 17.4 Å². The average molecular weight is 227 g/mol. The third-order valence-electron chi connectivity index (χ3n) is 2.65. The number of carbonyl (C=O) groups is 1. The van der Waals surface area contributed by atoms with Crippen LogP contribution in [0.4, 0.5) is 0 Å². The maximum absolute atomic E-state index is 11.6. The van der Waals surface area contributed by atoms with Gasteiger partial charge in [0.05, 0.1) is 13.0 Å². The molecule has 2 nitrogen and oxygen atoms in total. The molecular formula is C12H15ClO2. The molecule has 0 amide bonds. The van der Waals surface area contributed by atoms with E-state index >= 15 is 0 Å². The van der Waals surface area contributed by atoms with E-state index in [1.165, 1.54) is 0 Å². The van der Waals surface area contributed by atoms with Crippen LogP contribution in [0.5, 0.6) is 5.75 Å². The topological polar surface area (TPSA) is 26.3 Å². The second-order valence-corrected chi connectivity index (χ2v) is 3.85. The minimum absolute atomic E-state index is 0.0199. The molecule has 0 N–H and O–H groups in total. The highest BCUT2D eigenvalue weighted by Gasteiger charge is 2.14. The van der Waals surface area contributed by atoms with Gasteiger partial charge in [0.25, 0.3) is 0 Å². The maximum atomic E-state index is 11.6. The van der Waals surface area contributed by atoms with E-state index in [2.05, 4.69) is 0 Å². The molecule has 15 heavy (non-hydrogen) atoms. The minimum Gasteiger partial charge on any atom is -0.496 e. The summed E-state index contributed by atoms with van der Waals surface area (Å²) in [5.74, 6) is 0.827. The molecule has 82 valence electrons. The molecule has 1 aromatic carbocycles.